The van der Waals surface area contributed by atoms with Gasteiger partial charge in [0.25, 0.3) is 0 Å². The van der Waals surface area contributed by atoms with Gasteiger partial charge in [-0.3, -0.25) is 4.90 Å². The lowest BCUT2D eigenvalue weighted by atomic mass is 10.1. The van der Waals surface area contributed by atoms with Crippen LogP contribution in [0.2, 0.25) is 0 Å². The van der Waals surface area contributed by atoms with Crippen LogP contribution in [0.3, 0.4) is 0 Å². The first-order chi connectivity index (χ1) is 16.1. The number of nitrogens with one attached hydrogen (secondary N) is 1. The number of halogens is 5. The van der Waals surface area contributed by atoms with Gasteiger partial charge in [0.15, 0.2) is 0 Å². The number of carbonyl (C=O) groups is 1. The largest absolute Gasteiger partial charge is 0.416 e. The molecular formula is C22H20F5N5O2. The lowest BCUT2D eigenvalue weighted by molar-refractivity contribution is -0.137. The molecule has 0 spiro atoms. The second-order valence-electron chi connectivity index (χ2n) is 7.79. The molecule has 1 N–H and O–H groups in total. The third kappa shape index (κ3) is 5.16. The van der Waals surface area contributed by atoms with E-state index >= 15 is 0 Å². The number of anilines is 1. The molecule has 1 aromatic heterocycles. The molecule has 1 aliphatic heterocycles. The Morgan fingerprint density at radius 2 is 1.82 bits per heavy atom. The van der Waals surface area contributed by atoms with Crippen molar-refractivity contribution in [3.05, 3.63) is 65.6 Å². The Labute approximate surface area is 191 Å². The first-order valence-corrected chi connectivity index (χ1v) is 10.4. The van der Waals surface area contributed by atoms with Crippen LogP contribution in [0.4, 0.5) is 32.4 Å². The smallest absolute Gasteiger partial charge is 0.337 e. The van der Waals surface area contributed by atoms with Crippen LogP contribution in [0.1, 0.15) is 24.4 Å². The molecule has 3 aromatic rings. The molecule has 2 heterocycles. The highest BCUT2D eigenvalue weighted by Crippen LogP contribution is 2.32. The number of carbonyl (C=O) groups excluding carboxylic acids is 1. The zero-order valence-corrected chi connectivity index (χ0v) is 17.9. The highest BCUT2D eigenvalue weighted by molar-refractivity contribution is 5.89. The SMILES string of the molecule is CC(c1nc(-c2cccc(C(F)(F)F)c2)no1)N1CCN(C(=O)Nc2ccc(F)cc2F)CC1. The van der Waals surface area contributed by atoms with E-state index in [1.807, 2.05) is 11.8 Å². The van der Waals surface area contributed by atoms with Crippen molar-refractivity contribution in [2.75, 3.05) is 31.5 Å². The fourth-order valence-corrected chi connectivity index (χ4v) is 3.61. The number of piperazine rings is 1. The van der Waals surface area contributed by atoms with Crippen LogP contribution in [0, 0.1) is 11.6 Å². The van der Waals surface area contributed by atoms with Crippen molar-refractivity contribution in [2.24, 2.45) is 0 Å². The molecule has 180 valence electrons. The van der Waals surface area contributed by atoms with Gasteiger partial charge in [0.2, 0.25) is 11.7 Å². The molecule has 1 atom stereocenters. The van der Waals surface area contributed by atoms with Crippen molar-refractivity contribution in [1.29, 1.82) is 0 Å². The number of amides is 2. The predicted molar refractivity (Wildman–Crippen MR) is 112 cm³/mol. The average Bonchev–Trinajstić information content (AvgIpc) is 3.30. The van der Waals surface area contributed by atoms with Crippen molar-refractivity contribution in [3.8, 4) is 11.4 Å². The minimum absolute atomic E-state index is 0.0484. The quantitative estimate of drug-likeness (QED) is 0.534. The van der Waals surface area contributed by atoms with Gasteiger partial charge >= 0.3 is 12.2 Å². The maximum Gasteiger partial charge on any atom is 0.416 e. The van der Waals surface area contributed by atoms with Gasteiger partial charge in [0, 0.05) is 37.8 Å². The average molecular weight is 481 g/mol. The van der Waals surface area contributed by atoms with E-state index in [1.54, 1.807) is 0 Å². The van der Waals surface area contributed by atoms with Crippen LogP contribution in [0.15, 0.2) is 47.0 Å². The van der Waals surface area contributed by atoms with E-state index in [1.165, 1.54) is 17.0 Å². The van der Waals surface area contributed by atoms with E-state index in [9.17, 15) is 26.7 Å². The summed E-state index contributed by atoms with van der Waals surface area (Å²) in [5.41, 5.74) is -0.735. The van der Waals surface area contributed by atoms with E-state index < -0.39 is 29.4 Å². The van der Waals surface area contributed by atoms with Gasteiger partial charge in [-0.2, -0.15) is 18.2 Å². The molecule has 12 heteroatoms. The van der Waals surface area contributed by atoms with Crippen molar-refractivity contribution in [1.82, 2.24) is 19.9 Å². The Bertz CT molecular complexity index is 1170. The molecule has 0 aliphatic carbocycles. The summed E-state index contributed by atoms with van der Waals surface area (Å²) in [6, 6.07) is 6.71. The fraction of sp³-hybridized carbons (Fsp3) is 0.318. The number of urea groups is 1. The summed E-state index contributed by atoms with van der Waals surface area (Å²) in [5, 5.41) is 6.24. The summed E-state index contributed by atoms with van der Waals surface area (Å²) in [4.78, 5) is 20.1. The lowest BCUT2D eigenvalue weighted by Gasteiger charge is -2.36. The Balaban J connectivity index is 1.36. The van der Waals surface area contributed by atoms with Crippen molar-refractivity contribution in [2.45, 2.75) is 19.1 Å². The summed E-state index contributed by atoms with van der Waals surface area (Å²) < 4.78 is 71.0. The maximum absolute atomic E-state index is 13.8. The number of hydrogen-bond donors (Lipinski definition) is 1. The van der Waals surface area contributed by atoms with Crippen LogP contribution in [-0.2, 0) is 6.18 Å². The van der Waals surface area contributed by atoms with Crippen LogP contribution in [-0.4, -0.2) is 52.2 Å². The highest BCUT2D eigenvalue weighted by Gasteiger charge is 2.31. The molecule has 7 nitrogen and oxygen atoms in total. The molecule has 1 unspecified atom stereocenters. The van der Waals surface area contributed by atoms with E-state index in [0.717, 1.165) is 24.3 Å². The Hall–Kier alpha value is -3.54. The molecule has 0 bridgehead atoms. The van der Waals surface area contributed by atoms with Crippen LogP contribution in [0.5, 0.6) is 0 Å². The standard InChI is InChI=1S/C22H20F5N5O2/c1-13(20-29-19(30-34-20)14-3-2-4-15(11-14)22(25,26)27)31-7-9-32(10-8-31)21(33)28-18-6-5-16(23)12-17(18)24/h2-6,11-13H,7-10H2,1H3,(H,28,33). The minimum Gasteiger partial charge on any atom is -0.337 e. The van der Waals surface area contributed by atoms with Gasteiger partial charge in [0.05, 0.1) is 17.3 Å². The zero-order valence-electron chi connectivity index (χ0n) is 17.9. The van der Waals surface area contributed by atoms with E-state index in [-0.39, 0.29) is 29.0 Å². The first kappa shape index (κ1) is 23.6. The van der Waals surface area contributed by atoms with Crippen LogP contribution in [0.25, 0.3) is 11.4 Å². The predicted octanol–water partition coefficient (Wildman–Crippen LogP) is 4.94. The van der Waals surface area contributed by atoms with Gasteiger partial charge < -0.3 is 14.7 Å². The second-order valence-corrected chi connectivity index (χ2v) is 7.79. The van der Waals surface area contributed by atoms with Crippen molar-refractivity contribution < 1.29 is 31.3 Å². The molecule has 4 rings (SSSR count). The maximum atomic E-state index is 13.8. The fourth-order valence-electron chi connectivity index (χ4n) is 3.61. The van der Waals surface area contributed by atoms with Gasteiger partial charge in [0.1, 0.15) is 11.6 Å². The third-order valence-electron chi connectivity index (χ3n) is 5.57. The van der Waals surface area contributed by atoms with Crippen LogP contribution < -0.4 is 5.32 Å². The number of benzene rings is 2. The van der Waals surface area contributed by atoms with Gasteiger partial charge in [-0.1, -0.05) is 17.3 Å². The summed E-state index contributed by atoms with van der Waals surface area (Å²) >= 11 is 0. The minimum atomic E-state index is -4.48. The van der Waals surface area contributed by atoms with Crippen LogP contribution >= 0.6 is 0 Å². The van der Waals surface area contributed by atoms with Crippen molar-refractivity contribution >= 4 is 11.7 Å². The van der Waals surface area contributed by atoms with Gasteiger partial charge in [-0.25, -0.2) is 13.6 Å². The first-order valence-electron chi connectivity index (χ1n) is 10.4. The summed E-state index contributed by atoms with van der Waals surface area (Å²) in [7, 11) is 0. The third-order valence-corrected chi connectivity index (χ3v) is 5.57. The normalized spacial score (nSPS) is 15.9. The molecule has 0 radical (unpaired) electrons. The van der Waals surface area contributed by atoms with E-state index in [2.05, 4.69) is 15.5 Å². The van der Waals surface area contributed by atoms with E-state index in [4.69, 9.17) is 4.52 Å². The molecule has 1 fully saturated rings. The summed E-state index contributed by atoms with van der Waals surface area (Å²) in [6.45, 7) is 3.36. The monoisotopic (exact) mass is 481 g/mol. The van der Waals surface area contributed by atoms with Gasteiger partial charge in [-0.15, -0.1) is 0 Å². The molecule has 0 saturated carbocycles. The lowest BCUT2D eigenvalue weighted by Crippen LogP contribution is -2.50. The van der Waals surface area contributed by atoms with E-state index in [0.29, 0.717) is 32.2 Å². The van der Waals surface area contributed by atoms with Crippen molar-refractivity contribution in [3.63, 3.8) is 0 Å². The Morgan fingerprint density at radius 1 is 1.09 bits per heavy atom. The number of nitrogens with zero attached hydrogens (tertiary/aromatic N) is 4. The molecule has 2 aromatic carbocycles. The molecule has 1 aliphatic rings. The summed E-state index contributed by atoms with van der Waals surface area (Å²) in [5.74, 6) is -1.32. The number of rotatable bonds is 4. The Morgan fingerprint density at radius 3 is 2.50 bits per heavy atom. The molecule has 1 saturated heterocycles. The summed E-state index contributed by atoms with van der Waals surface area (Å²) in [6.07, 6.45) is -4.48. The van der Waals surface area contributed by atoms with Gasteiger partial charge in [-0.05, 0) is 31.2 Å². The second kappa shape index (κ2) is 9.37. The number of alkyl halides is 3. The molecule has 34 heavy (non-hydrogen) atoms. The molecule has 2 amide bonds. The number of hydrogen-bond acceptors (Lipinski definition) is 5. The molecular weight excluding hydrogens is 461 g/mol. The number of aromatic nitrogens is 2. The highest BCUT2D eigenvalue weighted by atomic mass is 19.4. The topological polar surface area (TPSA) is 74.5 Å². The Kier molecular flexibility index (Phi) is 6.51. The zero-order chi connectivity index (χ0) is 24.5.